The lowest BCUT2D eigenvalue weighted by atomic mass is 9.82. The van der Waals surface area contributed by atoms with Gasteiger partial charge in [-0.05, 0) is 25.5 Å². The first-order chi connectivity index (χ1) is 8.38. The van der Waals surface area contributed by atoms with E-state index < -0.39 is 17.2 Å². The van der Waals surface area contributed by atoms with Crippen molar-refractivity contribution in [2.24, 2.45) is 0 Å². The van der Waals surface area contributed by atoms with Gasteiger partial charge in [0.1, 0.15) is 11.6 Å². The summed E-state index contributed by atoms with van der Waals surface area (Å²) in [7, 11) is 0. The molecule has 1 aromatic rings. The van der Waals surface area contributed by atoms with E-state index in [1.807, 2.05) is 13.8 Å². The van der Waals surface area contributed by atoms with Crippen molar-refractivity contribution >= 4 is 0 Å². The van der Waals surface area contributed by atoms with Gasteiger partial charge < -0.3 is 9.84 Å². The minimum absolute atomic E-state index is 0.0535. The molecule has 4 heteroatoms. The van der Waals surface area contributed by atoms with Gasteiger partial charge in [-0.25, -0.2) is 8.78 Å². The Labute approximate surface area is 106 Å². The summed E-state index contributed by atoms with van der Waals surface area (Å²) < 4.78 is 32.0. The van der Waals surface area contributed by atoms with Gasteiger partial charge in [-0.2, -0.15) is 0 Å². The van der Waals surface area contributed by atoms with E-state index in [1.165, 1.54) is 12.1 Å². The van der Waals surface area contributed by atoms with E-state index in [4.69, 9.17) is 4.74 Å². The maximum atomic E-state index is 13.6. The molecule has 1 fully saturated rings. The summed E-state index contributed by atoms with van der Waals surface area (Å²) in [5.41, 5.74) is -0.629. The number of ether oxygens (including phenoxy) is 1. The van der Waals surface area contributed by atoms with E-state index in [0.29, 0.717) is 18.4 Å². The van der Waals surface area contributed by atoms with Crippen molar-refractivity contribution in [2.45, 2.75) is 50.9 Å². The van der Waals surface area contributed by atoms with Crippen LogP contribution in [0, 0.1) is 11.6 Å². The van der Waals surface area contributed by atoms with E-state index in [2.05, 4.69) is 0 Å². The van der Waals surface area contributed by atoms with E-state index in [-0.39, 0.29) is 18.6 Å². The molecule has 1 N–H and O–H groups in total. The van der Waals surface area contributed by atoms with E-state index in [9.17, 15) is 13.9 Å². The molecule has 100 valence electrons. The third-order valence-corrected chi connectivity index (χ3v) is 3.33. The minimum atomic E-state index is -0.976. The molecular formula is C14H18F2O2. The van der Waals surface area contributed by atoms with Gasteiger partial charge in [-0.1, -0.05) is 6.07 Å². The lowest BCUT2D eigenvalue weighted by molar-refractivity contribution is -0.131. The average molecular weight is 256 g/mol. The molecular weight excluding hydrogens is 238 g/mol. The van der Waals surface area contributed by atoms with E-state index in [0.717, 1.165) is 6.07 Å². The molecule has 18 heavy (non-hydrogen) atoms. The van der Waals surface area contributed by atoms with E-state index >= 15 is 0 Å². The zero-order valence-electron chi connectivity index (χ0n) is 10.6. The highest BCUT2D eigenvalue weighted by Crippen LogP contribution is 2.32. The molecule has 2 nitrogen and oxygen atoms in total. The monoisotopic (exact) mass is 256 g/mol. The van der Waals surface area contributed by atoms with Crippen LogP contribution in [0.2, 0.25) is 0 Å². The van der Waals surface area contributed by atoms with Gasteiger partial charge in [-0.15, -0.1) is 0 Å². The topological polar surface area (TPSA) is 29.5 Å². The fourth-order valence-corrected chi connectivity index (χ4v) is 2.81. The fraction of sp³-hybridized carbons (Fsp3) is 0.571. The minimum Gasteiger partial charge on any atom is -0.389 e. The van der Waals surface area contributed by atoms with Crippen LogP contribution in [0.4, 0.5) is 8.78 Å². The lowest BCUT2D eigenvalue weighted by Gasteiger charge is -2.39. The van der Waals surface area contributed by atoms with Gasteiger partial charge in [0.05, 0.1) is 17.8 Å². The van der Waals surface area contributed by atoms with Crippen molar-refractivity contribution in [3.05, 3.63) is 35.4 Å². The third kappa shape index (κ3) is 3.06. The second kappa shape index (κ2) is 4.94. The first kappa shape index (κ1) is 13.4. The van der Waals surface area contributed by atoms with E-state index in [1.54, 1.807) is 0 Å². The van der Waals surface area contributed by atoms with Crippen LogP contribution in [0.25, 0.3) is 0 Å². The zero-order chi connectivity index (χ0) is 13.3. The first-order valence-corrected chi connectivity index (χ1v) is 6.20. The molecule has 2 atom stereocenters. The fourth-order valence-electron chi connectivity index (χ4n) is 2.81. The van der Waals surface area contributed by atoms with Crippen LogP contribution in [-0.4, -0.2) is 22.9 Å². The Morgan fingerprint density at radius 1 is 1.28 bits per heavy atom. The standard InChI is InChI=1S/C14H18F2O2/c1-9-6-14(17,7-10(2)18-9)8-11-3-4-12(15)5-13(11)16/h3-5,9-10,17H,6-8H2,1-2H3. The van der Waals surface area contributed by atoms with Crippen molar-refractivity contribution in [3.8, 4) is 0 Å². The number of hydrogen-bond donors (Lipinski definition) is 1. The number of hydrogen-bond acceptors (Lipinski definition) is 2. The quantitative estimate of drug-likeness (QED) is 0.881. The number of rotatable bonds is 2. The Morgan fingerprint density at radius 3 is 2.44 bits per heavy atom. The molecule has 0 amide bonds. The first-order valence-electron chi connectivity index (χ1n) is 6.20. The Balaban J connectivity index is 2.16. The lowest BCUT2D eigenvalue weighted by Crippen LogP contribution is -2.45. The summed E-state index contributed by atoms with van der Waals surface area (Å²) in [6, 6.07) is 3.46. The highest BCUT2D eigenvalue weighted by molar-refractivity contribution is 5.21. The van der Waals surface area contributed by atoms with Crippen LogP contribution < -0.4 is 0 Å². The van der Waals surface area contributed by atoms with Crippen LogP contribution in [0.15, 0.2) is 18.2 Å². The van der Waals surface area contributed by atoms with Crippen LogP contribution in [0.1, 0.15) is 32.3 Å². The maximum absolute atomic E-state index is 13.6. The van der Waals surface area contributed by atoms with Gasteiger partial charge in [0.2, 0.25) is 0 Å². The molecule has 2 rings (SSSR count). The normalized spacial score (nSPS) is 32.5. The van der Waals surface area contributed by atoms with Crippen molar-refractivity contribution < 1.29 is 18.6 Å². The molecule has 0 aliphatic carbocycles. The number of benzene rings is 1. The number of halogens is 2. The second-order valence-electron chi connectivity index (χ2n) is 5.30. The molecule has 0 radical (unpaired) electrons. The third-order valence-electron chi connectivity index (χ3n) is 3.33. The molecule has 0 aromatic heterocycles. The molecule has 0 saturated carbocycles. The highest BCUT2D eigenvalue weighted by Gasteiger charge is 2.37. The van der Waals surface area contributed by atoms with Crippen LogP contribution in [-0.2, 0) is 11.2 Å². The predicted molar refractivity (Wildman–Crippen MR) is 64.3 cm³/mol. The molecule has 1 saturated heterocycles. The maximum Gasteiger partial charge on any atom is 0.129 e. The smallest absolute Gasteiger partial charge is 0.129 e. The Hall–Kier alpha value is -1.00. The van der Waals surface area contributed by atoms with Gasteiger partial charge >= 0.3 is 0 Å². The van der Waals surface area contributed by atoms with Crippen LogP contribution in [0.5, 0.6) is 0 Å². The van der Waals surface area contributed by atoms with Crippen molar-refractivity contribution in [3.63, 3.8) is 0 Å². The summed E-state index contributed by atoms with van der Waals surface area (Å²) in [5, 5.41) is 10.5. The molecule has 0 spiro atoms. The highest BCUT2D eigenvalue weighted by atomic mass is 19.1. The Morgan fingerprint density at radius 2 is 1.89 bits per heavy atom. The predicted octanol–water partition coefficient (Wildman–Crippen LogP) is 2.83. The molecule has 2 unspecified atom stereocenters. The molecule has 1 aliphatic rings. The number of aliphatic hydroxyl groups is 1. The van der Waals surface area contributed by atoms with Crippen molar-refractivity contribution in [1.29, 1.82) is 0 Å². The summed E-state index contributed by atoms with van der Waals surface area (Å²) >= 11 is 0. The van der Waals surface area contributed by atoms with Crippen LogP contribution >= 0.6 is 0 Å². The summed E-state index contributed by atoms with van der Waals surface area (Å²) in [4.78, 5) is 0. The van der Waals surface area contributed by atoms with Gasteiger partial charge in [0, 0.05) is 25.3 Å². The van der Waals surface area contributed by atoms with Crippen LogP contribution in [0.3, 0.4) is 0 Å². The van der Waals surface area contributed by atoms with Gasteiger partial charge in [0.15, 0.2) is 0 Å². The molecule has 1 aromatic carbocycles. The van der Waals surface area contributed by atoms with Gasteiger partial charge in [-0.3, -0.25) is 0 Å². The van der Waals surface area contributed by atoms with Crippen molar-refractivity contribution in [2.75, 3.05) is 0 Å². The Kier molecular flexibility index (Phi) is 3.69. The summed E-state index contributed by atoms with van der Waals surface area (Å²) in [6.07, 6.45) is 1.02. The SMILES string of the molecule is CC1CC(O)(Cc2ccc(F)cc2F)CC(C)O1. The molecule has 0 bridgehead atoms. The second-order valence-corrected chi connectivity index (χ2v) is 5.30. The Bertz CT molecular complexity index is 424. The molecule has 1 heterocycles. The average Bonchev–Trinajstić information content (AvgIpc) is 2.20. The molecule has 1 aliphatic heterocycles. The van der Waals surface area contributed by atoms with Crippen molar-refractivity contribution in [1.82, 2.24) is 0 Å². The summed E-state index contributed by atoms with van der Waals surface area (Å²) in [6.45, 7) is 3.78. The zero-order valence-corrected chi connectivity index (χ0v) is 10.6. The summed E-state index contributed by atoms with van der Waals surface area (Å²) in [5.74, 6) is -1.20. The largest absolute Gasteiger partial charge is 0.389 e. The van der Waals surface area contributed by atoms with Gasteiger partial charge in [0.25, 0.3) is 0 Å².